The van der Waals surface area contributed by atoms with E-state index in [0.717, 1.165) is 32.1 Å². The molecule has 1 fully saturated rings. The number of nitrogens with zero attached hydrogens (tertiary/aromatic N) is 2. The average molecular weight is 489 g/mol. The molecule has 0 bridgehead atoms. The number of amidine groups is 1. The second kappa shape index (κ2) is 11.0. The predicted molar refractivity (Wildman–Crippen MR) is 134 cm³/mol. The Morgan fingerprint density at radius 3 is 2.19 bits per heavy atom. The Bertz CT molecular complexity index is 1260. The molecule has 0 radical (unpaired) electrons. The van der Waals surface area contributed by atoms with Crippen molar-refractivity contribution in [3.05, 3.63) is 58.7 Å². The Morgan fingerprint density at radius 2 is 1.61 bits per heavy atom. The van der Waals surface area contributed by atoms with E-state index in [1.165, 1.54) is 33.5 Å². The van der Waals surface area contributed by atoms with Gasteiger partial charge in [0.05, 0.1) is 27.0 Å². The van der Waals surface area contributed by atoms with Crippen molar-refractivity contribution in [3.8, 4) is 23.3 Å². The van der Waals surface area contributed by atoms with Gasteiger partial charge in [-0.3, -0.25) is 9.59 Å². The first-order valence-electron chi connectivity index (χ1n) is 11.8. The summed E-state index contributed by atoms with van der Waals surface area (Å²) in [7, 11) is 4.42. The van der Waals surface area contributed by atoms with Crippen LogP contribution in [0.25, 0.3) is 5.70 Å². The van der Waals surface area contributed by atoms with Gasteiger partial charge in [0, 0.05) is 22.7 Å². The van der Waals surface area contributed by atoms with E-state index >= 15 is 0 Å². The SMILES string of the molecule is COc1cc(C(=O)NC2=NC(=C(C#N)C(=O)NC3CCCCC3)c3ccccc32)cc(OC)c1OC. The molecule has 0 atom stereocenters. The Kier molecular flexibility index (Phi) is 7.54. The van der Waals surface area contributed by atoms with Crippen LogP contribution in [0, 0.1) is 11.3 Å². The van der Waals surface area contributed by atoms with E-state index < -0.39 is 11.8 Å². The number of nitrogens with one attached hydrogen (secondary N) is 2. The van der Waals surface area contributed by atoms with Crippen LogP contribution in [0.2, 0.25) is 0 Å². The highest BCUT2D eigenvalue weighted by Crippen LogP contribution is 2.38. The molecule has 36 heavy (non-hydrogen) atoms. The van der Waals surface area contributed by atoms with Gasteiger partial charge in [-0.05, 0) is 25.0 Å². The molecule has 2 aliphatic rings. The fourth-order valence-corrected chi connectivity index (χ4v) is 4.52. The number of aliphatic imine (C=N–C) groups is 1. The van der Waals surface area contributed by atoms with E-state index in [1.807, 2.05) is 6.07 Å². The molecule has 2 amide bonds. The van der Waals surface area contributed by atoms with Crippen molar-refractivity contribution in [2.24, 2.45) is 4.99 Å². The molecule has 0 unspecified atom stereocenters. The number of rotatable bonds is 6. The largest absolute Gasteiger partial charge is 0.493 e. The van der Waals surface area contributed by atoms with Gasteiger partial charge >= 0.3 is 0 Å². The van der Waals surface area contributed by atoms with Gasteiger partial charge in [0.25, 0.3) is 11.8 Å². The summed E-state index contributed by atoms with van der Waals surface area (Å²) in [5.41, 5.74) is 1.64. The molecule has 2 N–H and O–H groups in total. The number of amides is 2. The summed E-state index contributed by atoms with van der Waals surface area (Å²) >= 11 is 0. The maximum absolute atomic E-state index is 13.2. The van der Waals surface area contributed by atoms with Crippen molar-refractivity contribution in [1.82, 2.24) is 10.6 Å². The molecule has 1 saturated carbocycles. The third-order valence-electron chi connectivity index (χ3n) is 6.34. The van der Waals surface area contributed by atoms with Gasteiger partial charge in [0.1, 0.15) is 17.5 Å². The van der Waals surface area contributed by atoms with Gasteiger partial charge in [-0.25, -0.2) is 4.99 Å². The number of ether oxygens (including phenoxy) is 3. The molecule has 2 aromatic carbocycles. The second-order valence-electron chi connectivity index (χ2n) is 8.52. The highest BCUT2D eigenvalue weighted by atomic mass is 16.5. The standard InChI is InChI=1S/C27H28N4O5/c1-34-21-13-16(14-22(35-2)24(21)36-3)26(32)31-25-19-12-8-7-11-18(19)23(30-25)20(15-28)27(33)29-17-9-5-4-6-10-17/h7-8,11-14,17H,4-6,9-10H2,1-3H3,(H,29,33)(H,30,31,32). The third kappa shape index (κ3) is 4.89. The average Bonchev–Trinajstić information content (AvgIpc) is 3.26. The van der Waals surface area contributed by atoms with Crippen LogP contribution in [0.1, 0.15) is 53.6 Å². The quantitative estimate of drug-likeness (QED) is 0.473. The maximum Gasteiger partial charge on any atom is 0.264 e. The normalized spacial score (nSPS) is 16.2. The summed E-state index contributed by atoms with van der Waals surface area (Å²) in [6.07, 6.45) is 5.07. The molecule has 0 saturated heterocycles. The first-order valence-corrected chi connectivity index (χ1v) is 11.8. The summed E-state index contributed by atoms with van der Waals surface area (Å²) in [5, 5.41) is 15.6. The summed E-state index contributed by atoms with van der Waals surface area (Å²) < 4.78 is 16.0. The Morgan fingerprint density at radius 1 is 0.972 bits per heavy atom. The molecule has 0 spiro atoms. The predicted octanol–water partition coefficient (Wildman–Crippen LogP) is 3.59. The topological polar surface area (TPSA) is 122 Å². The van der Waals surface area contributed by atoms with Gasteiger partial charge in [0.15, 0.2) is 11.5 Å². The highest BCUT2D eigenvalue weighted by molar-refractivity contribution is 6.20. The van der Waals surface area contributed by atoms with Crippen molar-refractivity contribution in [3.63, 3.8) is 0 Å². The lowest BCUT2D eigenvalue weighted by Gasteiger charge is -2.22. The Hall–Kier alpha value is -4.32. The van der Waals surface area contributed by atoms with Gasteiger partial charge in [0.2, 0.25) is 5.75 Å². The molecule has 2 aromatic rings. The summed E-state index contributed by atoms with van der Waals surface area (Å²) in [6.45, 7) is 0. The minimum absolute atomic E-state index is 0.0510. The van der Waals surface area contributed by atoms with Crippen LogP contribution in [0.5, 0.6) is 17.2 Å². The maximum atomic E-state index is 13.2. The van der Waals surface area contributed by atoms with Gasteiger partial charge < -0.3 is 24.8 Å². The molecule has 0 aromatic heterocycles. The molecule has 186 valence electrons. The zero-order chi connectivity index (χ0) is 25.7. The molecule has 9 heteroatoms. The van der Waals surface area contributed by atoms with Gasteiger partial charge in [-0.15, -0.1) is 0 Å². The van der Waals surface area contributed by atoms with E-state index in [0.29, 0.717) is 28.4 Å². The smallest absolute Gasteiger partial charge is 0.264 e. The molecular formula is C27H28N4O5. The summed E-state index contributed by atoms with van der Waals surface area (Å²) in [6, 6.07) is 12.3. The molecule has 9 nitrogen and oxygen atoms in total. The van der Waals surface area contributed by atoms with Crippen molar-refractivity contribution in [1.29, 1.82) is 5.26 Å². The number of nitriles is 1. The van der Waals surface area contributed by atoms with Gasteiger partial charge in [-0.2, -0.15) is 5.26 Å². The molecular weight excluding hydrogens is 460 g/mol. The minimum atomic E-state index is -0.464. The monoisotopic (exact) mass is 488 g/mol. The highest BCUT2D eigenvalue weighted by Gasteiger charge is 2.29. The second-order valence-corrected chi connectivity index (χ2v) is 8.52. The number of methoxy groups -OCH3 is 3. The van der Waals surface area contributed by atoms with Crippen molar-refractivity contribution >= 4 is 23.3 Å². The number of hydrogen-bond acceptors (Lipinski definition) is 7. The summed E-state index contributed by atoms with van der Waals surface area (Å²) in [5.74, 6) is 0.375. The van der Waals surface area contributed by atoms with E-state index in [2.05, 4.69) is 15.6 Å². The fraction of sp³-hybridized carbons (Fsp3) is 0.333. The number of carbonyl (C=O) groups excluding carboxylic acids is 2. The van der Waals surface area contributed by atoms with E-state index in [1.54, 1.807) is 24.3 Å². The van der Waals surface area contributed by atoms with Crippen LogP contribution >= 0.6 is 0 Å². The lowest BCUT2D eigenvalue weighted by Crippen LogP contribution is -2.37. The minimum Gasteiger partial charge on any atom is -0.493 e. The molecule has 4 rings (SSSR count). The van der Waals surface area contributed by atoms with E-state index in [9.17, 15) is 14.9 Å². The Balaban J connectivity index is 1.66. The number of benzene rings is 2. The van der Waals surface area contributed by atoms with Crippen LogP contribution in [0.15, 0.2) is 47.0 Å². The van der Waals surface area contributed by atoms with Crippen LogP contribution in [0.3, 0.4) is 0 Å². The van der Waals surface area contributed by atoms with Crippen LogP contribution < -0.4 is 24.8 Å². The third-order valence-corrected chi connectivity index (χ3v) is 6.34. The van der Waals surface area contributed by atoms with Crippen LogP contribution in [0.4, 0.5) is 0 Å². The molecule has 1 heterocycles. The summed E-state index contributed by atoms with van der Waals surface area (Å²) in [4.78, 5) is 30.7. The molecule has 1 aliphatic carbocycles. The first-order chi connectivity index (χ1) is 17.5. The zero-order valence-corrected chi connectivity index (χ0v) is 20.5. The molecule has 1 aliphatic heterocycles. The number of carbonyl (C=O) groups is 2. The first kappa shape index (κ1) is 24.8. The van der Waals surface area contributed by atoms with Crippen molar-refractivity contribution in [2.75, 3.05) is 21.3 Å². The lowest BCUT2D eigenvalue weighted by molar-refractivity contribution is -0.117. The van der Waals surface area contributed by atoms with Crippen LogP contribution in [-0.4, -0.2) is 45.0 Å². The van der Waals surface area contributed by atoms with E-state index in [-0.39, 0.29) is 28.7 Å². The van der Waals surface area contributed by atoms with Gasteiger partial charge in [-0.1, -0.05) is 43.5 Å². The van der Waals surface area contributed by atoms with Crippen molar-refractivity contribution < 1.29 is 23.8 Å². The lowest BCUT2D eigenvalue weighted by atomic mass is 9.95. The number of fused-ring (bicyclic) bond motifs is 1. The van der Waals surface area contributed by atoms with Crippen molar-refractivity contribution in [2.45, 2.75) is 38.1 Å². The number of hydrogen-bond donors (Lipinski definition) is 2. The van der Waals surface area contributed by atoms with Crippen LogP contribution in [-0.2, 0) is 4.79 Å². The fourth-order valence-electron chi connectivity index (χ4n) is 4.52. The Labute approximate surface area is 209 Å². The van der Waals surface area contributed by atoms with E-state index in [4.69, 9.17) is 14.2 Å². The zero-order valence-electron chi connectivity index (χ0n) is 20.5.